The van der Waals surface area contributed by atoms with Crippen LogP contribution in [0.1, 0.15) is 40.7 Å². The number of hydrogen-bond donors (Lipinski definition) is 0. The second-order valence-corrected chi connectivity index (χ2v) is 7.28. The Morgan fingerprint density at radius 3 is 2.83 bits per heavy atom. The van der Waals surface area contributed by atoms with E-state index < -0.39 is 12.1 Å². The molecule has 1 atom stereocenters. The van der Waals surface area contributed by atoms with Crippen LogP contribution < -0.4 is 0 Å². The van der Waals surface area contributed by atoms with Crippen LogP contribution in [0, 0.1) is 6.92 Å². The molecule has 9 nitrogen and oxygen atoms in total. The van der Waals surface area contributed by atoms with Gasteiger partial charge in [-0.15, -0.1) is 0 Å². The minimum Gasteiger partial charge on any atom is -0.449 e. The van der Waals surface area contributed by atoms with E-state index in [9.17, 15) is 4.79 Å². The van der Waals surface area contributed by atoms with Crippen molar-refractivity contribution in [1.29, 1.82) is 0 Å². The molecule has 0 saturated heterocycles. The molecule has 0 bridgehead atoms. The first-order valence-corrected chi connectivity index (χ1v) is 10.0. The Balaban J connectivity index is 1.44. The van der Waals surface area contributed by atoms with Gasteiger partial charge in [0, 0.05) is 36.0 Å². The van der Waals surface area contributed by atoms with Crippen molar-refractivity contribution < 1.29 is 18.6 Å². The van der Waals surface area contributed by atoms with Gasteiger partial charge in [0.1, 0.15) is 10.8 Å². The third-order valence-electron chi connectivity index (χ3n) is 4.02. The zero-order valence-electron chi connectivity index (χ0n) is 16.2. The summed E-state index contributed by atoms with van der Waals surface area (Å²) in [5, 5.41) is 8.41. The molecule has 0 spiro atoms. The molecule has 0 fully saturated rings. The van der Waals surface area contributed by atoms with Crippen molar-refractivity contribution in [3.05, 3.63) is 71.8 Å². The summed E-state index contributed by atoms with van der Waals surface area (Å²) < 4.78 is 15.8. The topological polar surface area (TPSA) is 117 Å². The number of esters is 1. The fourth-order valence-corrected chi connectivity index (χ4v) is 3.44. The highest BCUT2D eigenvalue weighted by Crippen LogP contribution is 2.27. The normalized spacial score (nSPS) is 11.9. The number of hydrogen-bond acceptors (Lipinski definition) is 10. The van der Waals surface area contributed by atoms with E-state index >= 15 is 0 Å². The SMILES string of the molecule is Cc1cc(CSc2ncccc2C(=O)OC(C)c2nc(-c3cccnc3)no2)no1. The molecule has 10 heteroatoms. The maximum atomic E-state index is 12.7. The average molecular weight is 423 g/mol. The zero-order valence-corrected chi connectivity index (χ0v) is 17.0. The third kappa shape index (κ3) is 4.54. The smallest absolute Gasteiger partial charge is 0.341 e. The molecule has 0 aliphatic carbocycles. The maximum Gasteiger partial charge on any atom is 0.341 e. The number of aromatic nitrogens is 5. The van der Waals surface area contributed by atoms with Crippen molar-refractivity contribution >= 4 is 17.7 Å². The summed E-state index contributed by atoms with van der Waals surface area (Å²) >= 11 is 1.37. The molecule has 0 amide bonds. The Morgan fingerprint density at radius 2 is 2.07 bits per heavy atom. The van der Waals surface area contributed by atoms with Gasteiger partial charge in [-0.2, -0.15) is 4.98 Å². The molecular weight excluding hydrogens is 406 g/mol. The van der Waals surface area contributed by atoms with Gasteiger partial charge in [-0.25, -0.2) is 9.78 Å². The van der Waals surface area contributed by atoms with Gasteiger partial charge in [0.2, 0.25) is 5.82 Å². The number of aryl methyl sites for hydroxylation is 1. The molecule has 0 radical (unpaired) electrons. The maximum absolute atomic E-state index is 12.7. The molecule has 4 rings (SSSR count). The van der Waals surface area contributed by atoms with Crippen molar-refractivity contribution in [3.8, 4) is 11.4 Å². The highest BCUT2D eigenvalue weighted by molar-refractivity contribution is 7.98. The van der Waals surface area contributed by atoms with Crippen LogP contribution >= 0.6 is 11.8 Å². The lowest BCUT2D eigenvalue weighted by atomic mass is 10.3. The number of pyridine rings is 2. The lowest BCUT2D eigenvalue weighted by molar-refractivity contribution is 0.0260. The Morgan fingerprint density at radius 1 is 1.20 bits per heavy atom. The van der Waals surface area contributed by atoms with Crippen LogP contribution in [0.15, 0.2) is 63.0 Å². The molecule has 0 aliphatic rings. The standard InChI is InChI=1S/C20H17N5O4S/c1-12-9-15(24-28-12)11-30-19-16(6-4-8-22-19)20(26)27-13(2)18-23-17(25-29-18)14-5-3-7-21-10-14/h3-10,13H,11H2,1-2H3. The molecule has 4 heterocycles. The summed E-state index contributed by atoms with van der Waals surface area (Å²) in [5.74, 6) is 1.28. The molecule has 0 saturated carbocycles. The Bertz CT molecular complexity index is 1140. The van der Waals surface area contributed by atoms with Crippen LogP contribution in [0.25, 0.3) is 11.4 Å². The molecule has 0 N–H and O–H groups in total. The average Bonchev–Trinajstić information content (AvgIpc) is 3.42. The predicted molar refractivity (Wildman–Crippen MR) is 106 cm³/mol. The van der Waals surface area contributed by atoms with Gasteiger partial charge >= 0.3 is 5.97 Å². The molecule has 4 aromatic heterocycles. The first-order valence-electron chi connectivity index (χ1n) is 9.05. The summed E-state index contributed by atoms with van der Waals surface area (Å²) in [5.41, 5.74) is 1.83. The van der Waals surface area contributed by atoms with Gasteiger partial charge < -0.3 is 13.8 Å². The molecule has 4 aromatic rings. The Kier molecular flexibility index (Phi) is 5.84. The van der Waals surface area contributed by atoms with Crippen LogP contribution in [-0.4, -0.2) is 31.2 Å². The quantitative estimate of drug-likeness (QED) is 0.318. The molecule has 0 aromatic carbocycles. The number of carbonyl (C=O) groups excluding carboxylic acids is 1. The van der Waals surface area contributed by atoms with Crippen molar-refractivity contribution in [3.63, 3.8) is 0 Å². The van der Waals surface area contributed by atoms with Gasteiger partial charge in [-0.1, -0.05) is 22.1 Å². The van der Waals surface area contributed by atoms with Gasteiger partial charge in [-0.3, -0.25) is 4.98 Å². The Labute approximate surface area is 175 Å². The lowest BCUT2D eigenvalue weighted by Gasteiger charge is -2.11. The van der Waals surface area contributed by atoms with Gasteiger partial charge in [-0.05, 0) is 38.1 Å². The summed E-state index contributed by atoms with van der Waals surface area (Å²) in [4.78, 5) is 25.3. The number of nitrogens with zero attached hydrogens (tertiary/aromatic N) is 5. The molecular formula is C20H17N5O4S. The van der Waals surface area contributed by atoms with Crippen molar-refractivity contribution in [2.75, 3.05) is 0 Å². The highest BCUT2D eigenvalue weighted by Gasteiger charge is 2.22. The Hall–Kier alpha value is -3.53. The molecule has 0 aliphatic heterocycles. The van der Waals surface area contributed by atoms with E-state index in [-0.39, 0.29) is 5.89 Å². The van der Waals surface area contributed by atoms with Gasteiger partial charge in [0.15, 0.2) is 6.10 Å². The monoisotopic (exact) mass is 423 g/mol. The number of rotatable bonds is 7. The van der Waals surface area contributed by atoms with E-state index in [2.05, 4.69) is 25.3 Å². The second-order valence-electron chi connectivity index (χ2n) is 6.32. The van der Waals surface area contributed by atoms with Crippen LogP contribution in [0.2, 0.25) is 0 Å². The number of thioether (sulfide) groups is 1. The summed E-state index contributed by atoms with van der Waals surface area (Å²) in [6.07, 6.45) is 4.17. The minimum absolute atomic E-state index is 0.193. The van der Waals surface area contributed by atoms with Crippen molar-refractivity contribution in [2.24, 2.45) is 0 Å². The van der Waals surface area contributed by atoms with E-state index in [0.29, 0.717) is 27.7 Å². The molecule has 30 heavy (non-hydrogen) atoms. The van der Waals surface area contributed by atoms with Crippen LogP contribution in [-0.2, 0) is 10.5 Å². The number of carbonyl (C=O) groups is 1. The zero-order chi connectivity index (χ0) is 20.9. The van der Waals surface area contributed by atoms with Crippen LogP contribution in [0.4, 0.5) is 0 Å². The lowest BCUT2D eigenvalue weighted by Crippen LogP contribution is -2.11. The first-order chi connectivity index (χ1) is 14.6. The van der Waals surface area contributed by atoms with E-state index in [4.69, 9.17) is 13.8 Å². The van der Waals surface area contributed by atoms with E-state index in [1.807, 2.05) is 19.1 Å². The van der Waals surface area contributed by atoms with Crippen molar-refractivity contribution in [2.45, 2.75) is 30.7 Å². The predicted octanol–water partition coefficient (Wildman–Crippen LogP) is 4.03. The van der Waals surface area contributed by atoms with Crippen LogP contribution in [0.3, 0.4) is 0 Å². The van der Waals surface area contributed by atoms with E-state index in [0.717, 1.165) is 11.5 Å². The van der Waals surface area contributed by atoms with Crippen LogP contribution in [0.5, 0.6) is 0 Å². The van der Waals surface area contributed by atoms with E-state index in [1.54, 1.807) is 43.7 Å². The summed E-state index contributed by atoms with van der Waals surface area (Å²) in [6, 6.07) is 8.77. The summed E-state index contributed by atoms with van der Waals surface area (Å²) in [6.45, 7) is 3.49. The summed E-state index contributed by atoms with van der Waals surface area (Å²) in [7, 11) is 0. The molecule has 1 unspecified atom stereocenters. The van der Waals surface area contributed by atoms with Gasteiger partial charge in [0.25, 0.3) is 5.89 Å². The van der Waals surface area contributed by atoms with Gasteiger partial charge in [0.05, 0.1) is 11.3 Å². The third-order valence-corrected chi connectivity index (χ3v) is 5.06. The fraction of sp³-hybridized carbons (Fsp3) is 0.200. The fourth-order valence-electron chi connectivity index (χ4n) is 2.58. The first kappa shape index (κ1) is 19.8. The van der Waals surface area contributed by atoms with E-state index in [1.165, 1.54) is 11.8 Å². The second kappa shape index (κ2) is 8.87. The minimum atomic E-state index is -0.730. The largest absolute Gasteiger partial charge is 0.449 e. The number of ether oxygens (including phenoxy) is 1. The highest BCUT2D eigenvalue weighted by atomic mass is 32.2. The molecule has 152 valence electrons. The van der Waals surface area contributed by atoms with Crippen molar-refractivity contribution in [1.82, 2.24) is 25.3 Å².